The van der Waals surface area contributed by atoms with Gasteiger partial charge in [0.25, 0.3) is 0 Å². The summed E-state index contributed by atoms with van der Waals surface area (Å²) in [5, 5.41) is 0. The summed E-state index contributed by atoms with van der Waals surface area (Å²) >= 11 is 0. The predicted molar refractivity (Wildman–Crippen MR) is 126 cm³/mol. The highest BCUT2D eigenvalue weighted by Gasteiger charge is 2.39. The molecule has 0 bridgehead atoms. The number of carbonyl (C=O) groups excluding carboxylic acids is 2. The molecule has 0 radical (unpaired) electrons. The lowest BCUT2D eigenvalue weighted by atomic mass is 9.85. The first-order valence-corrected chi connectivity index (χ1v) is 11.7. The number of methoxy groups -OCH3 is 1. The van der Waals surface area contributed by atoms with Crippen LogP contribution in [0.1, 0.15) is 36.8 Å². The van der Waals surface area contributed by atoms with Crippen molar-refractivity contribution >= 4 is 11.8 Å². The summed E-state index contributed by atoms with van der Waals surface area (Å²) in [6.07, 6.45) is 4.31. The maximum Gasteiger partial charge on any atom is 0.245 e. The van der Waals surface area contributed by atoms with E-state index in [0.29, 0.717) is 19.5 Å². The molecule has 0 N–H and O–H groups in total. The maximum atomic E-state index is 13.4. The van der Waals surface area contributed by atoms with Crippen LogP contribution in [0, 0.1) is 12.8 Å². The van der Waals surface area contributed by atoms with Crippen molar-refractivity contribution in [1.29, 1.82) is 0 Å². The quantitative estimate of drug-likeness (QED) is 0.713. The van der Waals surface area contributed by atoms with E-state index in [2.05, 4.69) is 37.3 Å². The van der Waals surface area contributed by atoms with Crippen molar-refractivity contribution in [1.82, 2.24) is 9.80 Å². The molecule has 2 aromatic rings. The van der Waals surface area contributed by atoms with Crippen molar-refractivity contribution in [2.75, 3.05) is 27.2 Å². The van der Waals surface area contributed by atoms with Crippen LogP contribution in [0.3, 0.4) is 0 Å². The normalized spacial score (nSPS) is 24.0. The Morgan fingerprint density at radius 1 is 1.03 bits per heavy atom. The van der Waals surface area contributed by atoms with Gasteiger partial charge in [0.1, 0.15) is 6.04 Å². The van der Waals surface area contributed by atoms with Gasteiger partial charge in [-0.2, -0.15) is 0 Å². The average molecular weight is 435 g/mol. The van der Waals surface area contributed by atoms with Crippen molar-refractivity contribution in [2.24, 2.45) is 5.92 Å². The van der Waals surface area contributed by atoms with Crippen molar-refractivity contribution in [3.63, 3.8) is 0 Å². The molecule has 2 fully saturated rings. The van der Waals surface area contributed by atoms with Crippen LogP contribution in [-0.4, -0.2) is 61.0 Å². The Kier molecular flexibility index (Phi) is 6.95. The third-order valence-electron chi connectivity index (χ3n) is 7.17. The fourth-order valence-electron chi connectivity index (χ4n) is 5.14. The largest absolute Gasteiger partial charge is 0.381 e. The number of likely N-dealkylation sites (N-methyl/N-ethyl adjacent to an activating group) is 1. The number of hydrogen-bond donors (Lipinski definition) is 0. The average Bonchev–Trinajstić information content (AvgIpc) is 2.82. The molecule has 0 aromatic heterocycles. The number of nitrogens with zero attached hydrogens (tertiary/aromatic N) is 2. The summed E-state index contributed by atoms with van der Waals surface area (Å²) in [5.41, 5.74) is 4.65. The molecule has 170 valence electrons. The van der Waals surface area contributed by atoms with E-state index >= 15 is 0 Å². The lowest BCUT2D eigenvalue weighted by Crippen LogP contribution is -2.59. The first kappa shape index (κ1) is 22.5. The van der Waals surface area contributed by atoms with Crippen LogP contribution in [0.5, 0.6) is 0 Å². The van der Waals surface area contributed by atoms with Crippen molar-refractivity contribution in [3.05, 3.63) is 59.7 Å². The molecule has 4 rings (SSSR count). The predicted octanol–water partition coefficient (Wildman–Crippen LogP) is 4.08. The topological polar surface area (TPSA) is 49.9 Å². The number of aryl methyl sites for hydroxylation is 1. The zero-order valence-corrected chi connectivity index (χ0v) is 19.4. The highest BCUT2D eigenvalue weighted by atomic mass is 16.5. The van der Waals surface area contributed by atoms with Crippen LogP contribution in [0.4, 0.5) is 0 Å². The molecule has 2 aliphatic rings. The molecule has 0 spiro atoms. The molecule has 1 atom stereocenters. The highest BCUT2D eigenvalue weighted by Crippen LogP contribution is 2.30. The summed E-state index contributed by atoms with van der Waals surface area (Å²) in [6, 6.07) is 16.3. The van der Waals surface area contributed by atoms with E-state index < -0.39 is 6.04 Å². The first-order chi connectivity index (χ1) is 15.5. The number of carbonyl (C=O) groups is 2. The fraction of sp³-hybridized carbons (Fsp3) is 0.481. The highest BCUT2D eigenvalue weighted by molar-refractivity contribution is 5.90. The number of ether oxygens (including phenoxy) is 1. The van der Waals surface area contributed by atoms with Gasteiger partial charge in [0, 0.05) is 39.6 Å². The molecule has 2 aromatic carbocycles. The minimum absolute atomic E-state index is 0.00147. The van der Waals surface area contributed by atoms with Crippen LogP contribution >= 0.6 is 0 Å². The summed E-state index contributed by atoms with van der Waals surface area (Å²) in [4.78, 5) is 30.2. The van der Waals surface area contributed by atoms with Crippen molar-refractivity contribution in [2.45, 2.75) is 51.2 Å². The summed E-state index contributed by atoms with van der Waals surface area (Å²) in [6.45, 7) is 3.31. The second-order valence-corrected chi connectivity index (χ2v) is 9.24. The smallest absolute Gasteiger partial charge is 0.245 e. The molecule has 32 heavy (non-hydrogen) atoms. The SMILES string of the molecule is COC1CCC(C(=O)N2CCN(C)C(=O)[C@H]2Cc2cccc(-c3ccccc3C)c2)CC1. The molecule has 1 saturated heterocycles. The number of piperazine rings is 1. The Labute approximate surface area is 191 Å². The lowest BCUT2D eigenvalue weighted by Gasteiger charge is -2.41. The molecule has 5 heteroatoms. The van der Waals surface area contributed by atoms with Crippen LogP contribution in [-0.2, 0) is 20.7 Å². The molecule has 1 aliphatic heterocycles. The number of amides is 2. The first-order valence-electron chi connectivity index (χ1n) is 11.7. The second-order valence-electron chi connectivity index (χ2n) is 9.24. The molecular formula is C27H34N2O3. The van der Waals surface area contributed by atoms with Gasteiger partial charge in [-0.3, -0.25) is 9.59 Å². The summed E-state index contributed by atoms with van der Waals surface area (Å²) in [5.74, 6) is 0.177. The van der Waals surface area contributed by atoms with E-state index in [9.17, 15) is 9.59 Å². The minimum atomic E-state index is -0.437. The third-order valence-corrected chi connectivity index (χ3v) is 7.17. The molecule has 1 saturated carbocycles. The number of rotatable bonds is 5. The molecule has 5 nitrogen and oxygen atoms in total. The van der Waals surface area contributed by atoms with E-state index in [0.717, 1.165) is 36.8 Å². The second kappa shape index (κ2) is 9.86. The van der Waals surface area contributed by atoms with Gasteiger partial charge in [-0.05, 0) is 54.9 Å². The van der Waals surface area contributed by atoms with E-state index in [-0.39, 0.29) is 23.8 Å². The van der Waals surface area contributed by atoms with Gasteiger partial charge in [-0.15, -0.1) is 0 Å². The van der Waals surface area contributed by atoms with Gasteiger partial charge in [0.15, 0.2) is 0 Å². The Hall–Kier alpha value is -2.66. The molecule has 1 aliphatic carbocycles. The van der Waals surface area contributed by atoms with Crippen molar-refractivity contribution < 1.29 is 14.3 Å². The zero-order valence-electron chi connectivity index (χ0n) is 19.4. The standard InChI is InChI=1S/C27H34N2O3/c1-19-7-4-5-10-24(19)22-9-6-8-20(17-22)18-25-27(31)28(2)15-16-29(25)26(30)21-11-13-23(32-3)14-12-21/h4-10,17,21,23,25H,11-16,18H2,1-3H3/t21?,23?,25-/m1/s1. The Morgan fingerprint density at radius 2 is 1.78 bits per heavy atom. The Morgan fingerprint density at radius 3 is 2.50 bits per heavy atom. The van der Waals surface area contributed by atoms with Gasteiger partial charge in [-0.1, -0.05) is 48.5 Å². The maximum absolute atomic E-state index is 13.4. The van der Waals surface area contributed by atoms with Gasteiger partial charge < -0.3 is 14.5 Å². The lowest BCUT2D eigenvalue weighted by molar-refractivity contribution is -0.153. The Bertz CT molecular complexity index is 965. The van der Waals surface area contributed by atoms with E-state index in [1.165, 1.54) is 11.1 Å². The molecule has 0 unspecified atom stereocenters. The minimum Gasteiger partial charge on any atom is -0.381 e. The zero-order chi connectivity index (χ0) is 22.7. The molecule has 2 amide bonds. The van der Waals surface area contributed by atoms with Crippen LogP contribution in [0.2, 0.25) is 0 Å². The summed E-state index contributed by atoms with van der Waals surface area (Å²) < 4.78 is 5.47. The third kappa shape index (κ3) is 4.73. The van der Waals surface area contributed by atoms with E-state index in [1.54, 1.807) is 12.0 Å². The molecule has 1 heterocycles. The van der Waals surface area contributed by atoms with Gasteiger partial charge in [-0.25, -0.2) is 0 Å². The van der Waals surface area contributed by atoms with Crippen LogP contribution < -0.4 is 0 Å². The van der Waals surface area contributed by atoms with Crippen LogP contribution in [0.15, 0.2) is 48.5 Å². The number of hydrogen-bond acceptors (Lipinski definition) is 3. The molecular weight excluding hydrogens is 400 g/mol. The van der Waals surface area contributed by atoms with E-state index in [4.69, 9.17) is 4.74 Å². The van der Waals surface area contributed by atoms with Crippen LogP contribution in [0.25, 0.3) is 11.1 Å². The van der Waals surface area contributed by atoms with Gasteiger partial charge >= 0.3 is 0 Å². The van der Waals surface area contributed by atoms with Crippen molar-refractivity contribution in [3.8, 4) is 11.1 Å². The van der Waals surface area contributed by atoms with Gasteiger partial charge in [0.2, 0.25) is 11.8 Å². The summed E-state index contributed by atoms with van der Waals surface area (Å²) in [7, 11) is 3.58. The Balaban J connectivity index is 1.55. The monoisotopic (exact) mass is 434 g/mol. The van der Waals surface area contributed by atoms with Gasteiger partial charge in [0.05, 0.1) is 6.10 Å². The fourth-order valence-corrected chi connectivity index (χ4v) is 5.14. The number of benzene rings is 2. The van der Waals surface area contributed by atoms with E-state index in [1.807, 2.05) is 30.1 Å².